The van der Waals surface area contributed by atoms with E-state index in [1.54, 1.807) is 13.8 Å². The number of nitrogens with zero attached hydrogens (tertiary/aromatic N) is 1. The molecular formula is C12H14ClNO. The molecule has 2 rings (SSSR count). The van der Waals surface area contributed by atoms with Crippen molar-refractivity contribution in [2.24, 2.45) is 7.05 Å². The monoisotopic (exact) mass is 223 g/mol. The van der Waals surface area contributed by atoms with Gasteiger partial charge in [0, 0.05) is 28.7 Å². The Labute approximate surface area is 94.1 Å². The van der Waals surface area contributed by atoms with Gasteiger partial charge in [0.25, 0.3) is 0 Å². The highest BCUT2D eigenvalue weighted by atomic mass is 35.5. The molecule has 15 heavy (non-hydrogen) atoms. The molecule has 0 radical (unpaired) electrons. The minimum Gasteiger partial charge on any atom is -0.384 e. The Morgan fingerprint density at radius 1 is 1.27 bits per heavy atom. The minimum absolute atomic E-state index is 0.714. The van der Waals surface area contributed by atoms with Crippen LogP contribution in [0.25, 0.3) is 10.9 Å². The number of hydrogen-bond acceptors (Lipinski definition) is 1. The molecule has 0 bridgehead atoms. The summed E-state index contributed by atoms with van der Waals surface area (Å²) in [5.74, 6) is 0. The Kier molecular flexibility index (Phi) is 2.28. The summed E-state index contributed by atoms with van der Waals surface area (Å²) < 4.78 is 1.97. The van der Waals surface area contributed by atoms with Crippen LogP contribution in [0.3, 0.4) is 0 Å². The summed E-state index contributed by atoms with van der Waals surface area (Å²) in [5.41, 5.74) is 1.10. The van der Waals surface area contributed by atoms with Crippen LogP contribution in [0.15, 0.2) is 24.3 Å². The SMILES string of the molecule is Cn1c(C(C)(C)O)cc2ccc(Cl)cc21. The second-order valence-corrected chi connectivity index (χ2v) is 4.79. The minimum atomic E-state index is -0.833. The van der Waals surface area contributed by atoms with Crippen molar-refractivity contribution in [1.29, 1.82) is 0 Å². The van der Waals surface area contributed by atoms with Crippen LogP contribution in [0.1, 0.15) is 19.5 Å². The second-order valence-electron chi connectivity index (χ2n) is 4.35. The van der Waals surface area contributed by atoms with Crippen LogP contribution in [0.2, 0.25) is 5.02 Å². The lowest BCUT2D eigenvalue weighted by Gasteiger charge is -2.18. The fraction of sp³-hybridized carbons (Fsp3) is 0.333. The van der Waals surface area contributed by atoms with Crippen molar-refractivity contribution in [2.45, 2.75) is 19.4 Å². The van der Waals surface area contributed by atoms with Gasteiger partial charge >= 0.3 is 0 Å². The van der Waals surface area contributed by atoms with Gasteiger partial charge in [0.05, 0.1) is 5.60 Å². The van der Waals surface area contributed by atoms with Crippen molar-refractivity contribution in [3.8, 4) is 0 Å². The van der Waals surface area contributed by atoms with Gasteiger partial charge in [0.1, 0.15) is 0 Å². The van der Waals surface area contributed by atoms with E-state index in [1.165, 1.54) is 0 Å². The summed E-state index contributed by atoms with van der Waals surface area (Å²) in [7, 11) is 1.94. The molecule has 80 valence electrons. The Balaban J connectivity index is 2.76. The Morgan fingerprint density at radius 3 is 2.53 bits per heavy atom. The molecular weight excluding hydrogens is 210 g/mol. The maximum atomic E-state index is 9.99. The van der Waals surface area contributed by atoms with Gasteiger partial charge in [0.2, 0.25) is 0 Å². The van der Waals surface area contributed by atoms with E-state index in [4.69, 9.17) is 11.6 Å². The lowest BCUT2D eigenvalue weighted by atomic mass is 10.1. The zero-order valence-electron chi connectivity index (χ0n) is 9.08. The molecule has 0 aliphatic carbocycles. The number of aromatic nitrogens is 1. The number of aryl methyl sites for hydroxylation is 1. The normalized spacial score (nSPS) is 12.3. The third kappa shape index (κ3) is 1.75. The molecule has 0 unspecified atom stereocenters. The molecule has 2 aromatic rings. The zero-order chi connectivity index (χ0) is 11.2. The van der Waals surface area contributed by atoms with Gasteiger partial charge < -0.3 is 9.67 Å². The quantitative estimate of drug-likeness (QED) is 0.790. The van der Waals surface area contributed by atoms with E-state index in [9.17, 15) is 5.11 Å². The number of rotatable bonds is 1. The summed E-state index contributed by atoms with van der Waals surface area (Å²) in [5, 5.41) is 11.8. The molecule has 0 amide bonds. The first kappa shape index (κ1) is 10.5. The van der Waals surface area contributed by atoms with Crippen molar-refractivity contribution in [2.75, 3.05) is 0 Å². The number of fused-ring (bicyclic) bond motifs is 1. The lowest BCUT2D eigenvalue weighted by molar-refractivity contribution is 0.0712. The van der Waals surface area contributed by atoms with E-state index in [0.29, 0.717) is 5.02 Å². The molecule has 3 heteroatoms. The van der Waals surface area contributed by atoms with Crippen LogP contribution in [0.4, 0.5) is 0 Å². The fourth-order valence-electron chi connectivity index (χ4n) is 1.89. The summed E-state index contributed by atoms with van der Waals surface area (Å²) in [4.78, 5) is 0. The fourth-order valence-corrected chi connectivity index (χ4v) is 2.06. The van der Waals surface area contributed by atoms with Gasteiger partial charge in [0.15, 0.2) is 0 Å². The first-order valence-electron chi connectivity index (χ1n) is 4.87. The van der Waals surface area contributed by atoms with Crippen molar-refractivity contribution in [1.82, 2.24) is 4.57 Å². The first-order valence-corrected chi connectivity index (χ1v) is 5.25. The van der Waals surface area contributed by atoms with Crippen molar-refractivity contribution >= 4 is 22.5 Å². The van der Waals surface area contributed by atoms with Gasteiger partial charge in [-0.2, -0.15) is 0 Å². The summed E-state index contributed by atoms with van der Waals surface area (Å²) in [6, 6.07) is 7.72. The number of aliphatic hydroxyl groups is 1. The van der Waals surface area contributed by atoms with E-state index < -0.39 is 5.60 Å². The largest absolute Gasteiger partial charge is 0.384 e. The van der Waals surface area contributed by atoms with E-state index in [1.807, 2.05) is 35.9 Å². The second kappa shape index (κ2) is 3.26. The molecule has 0 spiro atoms. The van der Waals surface area contributed by atoms with Crippen LogP contribution in [0, 0.1) is 0 Å². The van der Waals surface area contributed by atoms with Crippen molar-refractivity contribution < 1.29 is 5.11 Å². The molecule has 0 saturated carbocycles. The van der Waals surface area contributed by atoms with E-state index in [0.717, 1.165) is 16.6 Å². The van der Waals surface area contributed by atoms with E-state index >= 15 is 0 Å². The summed E-state index contributed by atoms with van der Waals surface area (Å²) >= 11 is 5.94. The highest BCUT2D eigenvalue weighted by molar-refractivity contribution is 6.31. The van der Waals surface area contributed by atoms with Crippen LogP contribution < -0.4 is 0 Å². The summed E-state index contributed by atoms with van der Waals surface area (Å²) in [6.07, 6.45) is 0. The van der Waals surface area contributed by atoms with E-state index in [2.05, 4.69) is 0 Å². The van der Waals surface area contributed by atoms with Crippen LogP contribution in [-0.4, -0.2) is 9.67 Å². The summed E-state index contributed by atoms with van der Waals surface area (Å²) in [6.45, 7) is 3.56. The van der Waals surface area contributed by atoms with Crippen LogP contribution in [-0.2, 0) is 12.6 Å². The Bertz CT molecular complexity index is 508. The highest BCUT2D eigenvalue weighted by Gasteiger charge is 2.20. The topological polar surface area (TPSA) is 25.2 Å². The molecule has 0 aliphatic heterocycles. The van der Waals surface area contributed by atoms with Crippen LogP contribution >= 0.6 is 11.6 Å². The average Bonchev–Trinajstić information content (AvgIpc) is 2.43. The maximum absolute atomic E-state index is 9.99. The van der Waals surface area contributed by atoms with Gasteiger partial charge in [-0.25, -0.2) is 0 Å². The van der Waals surface area contributed by atoms with Gasteiger partial charge in [-0.15, -0.1) is 0 Å². The molecule has 1 N–H and O–H groups in total. The Morgan fingerprint density at radius 2 is 1.93 bits per heavy atom. The maximum Gasteiger partial charge on any atom is 0.0989 e. The van der Waals surface area contributed by atoms with Gasteiger partial charge in [-0.3, -0.25) is 0 Å². The standard InChI is InChI=1S/C12H14ClNO/c1-12(2,15)11-6-8-4-5-9(13)7-10(8)14(11)3/h4-7,15H,1-3H3. The molecule has 2 nitrogen and oxygen atoms in total. The predicted molar refractivity (Wildman–Crippen MR) is 63.2 cm³/mol. The van der Waals surface area contributed by atoms with Gasteiger partial charge in [-0.1, -0.05) is 17.7 Å². The highest BCUT2D eigenvalue weighted by Crippen LogP contribution is 2.28. The number of halogens is 1. The third-order valence-electron chi connectivity index (χ3n) is 2.63. The number of hydrogen-bond donors (Lipinski definition) is 1. The molecule has 0 atom stereocenters. The molecule has 1 aromatic heterocycles. The molecule has 1 heterocycles. The lowest BCUT2D eigenvalue weighted by Crippen LogP contribution is -2.19. The van der Waals surface area contributed by atoms with Crippen molar-refractivity contribution in [3.63, 3.8) is 0 Å². The smallest absolute Gasteiger partial charge is 0.0989 e. The third-order valence-corrected chi connectivity index (χ3v) is 2.87. The van der Waals surface area contributed by atoms with Crippen molar-refractivity contribution in [3.05, 3.63) is 35.0 Å². The van der Waals surface area contributed by atoms with E-state index in [-0.39, 0.29) is 0 Å². The molecule has 0 saturated heterocycles. The molecule has 0 fully saturated rings. The molecule has 0 aliphatic rings. The average molecular weight is 224 g/mol. The van der Waals surface area contributed by atoms with Crippen LogP contribution in [0.5, 0.6) is 0 Å². The predicted octanol–water partition coefficient (Wildman–Crippen LogP) is 3.06. The number of benzene rings is 1. The zero-order valence-corrected chi connectivity index (χ0v) is 9.84. The first-order chi connectivity index (χ1) is 6.89. The van der Waals surface area contributed by atoms with Gasteiger partial charge in [-0.05, 0) is 32.0 Å². The molecule has 1 aromatic carbocycles. The Hall–Kier alpha value is -0.990.